The van der Waals surface area contributed by atoms with Crippen LogP contribution in [0.4, 0.5) is 14.2 Å². The second-order valence-corrected chi connectivity index (χ2v) is 7.66. The fourth-order valence-corrected chi connectivity index (χ4v) is 4.41. The van der Waals surface area contributed by atoms with Gasteiger partial charge in [0.15, 0.2) is 0 Å². The van der Waals surface area contributed by atoms with E-state index in [0.717, 1.165) is 16.5 Å². The van der Waals surface area contributed by atoms with Crippen LogP contribution < -0.4 is 5.32 Å². The molecule has 2 aromatic rings. The predicted octanol–water partition coefficient (Wildman–Crippen LogP) is 4.58. The van der Waals surface area contributed by atoms with E-state index in [1.165, 1.54) is 35.6 Å². The van der Waals surface area contributed by atoms with Gasteiger partial charge in [-0.1, -0.05) is 17.7 Å². The summed E-state index contributed by atoms with van der Waals surface area (Å²) in [6, 6.07) is 6.38. The number of carbonyl (C=O) groups is 2. The fourth-order valence-electron chi connectivity index (χ4n) is 2.96. The first-order chi connectivity index (χ1) is 13.9. The first kappa shape index (κ1) is 20.8. The molecule has 1 N–H and O–H groups in total. The van der Waals surface area contributed by atoms with Gasteiger partial charge in [-0.2, -0.15) is 5.26 Å². The molecular weight excluding hydrogens is 417 g/mol. The van der Waals surface area contributed by atoms with Crippen LogP contribution in [0, 0.1) is 17.1 Å². The van der Waals surface area contributed by atoms with Gasteiger partial charge < -0.3 is 15.0 Å². The van der Waals surface area contributed by atoms with Crippen LogP contribution in [0.15, 0.2) is 24.3 Å². The minimum absolute atomic E-state index is 0.111. The predicted molar refractivity (Wildman–Crippen MR) is 109 cm³/mol. The highest BCUT2D eigenvalue weighted by Gasteiger charge is 2.27. The number of rotatable bonds is 4. The van der Waals surface area contributed by atoms with E-state index in [-0.39, 0.29) is 17.2 Å². The Hall–Kier alpha value is -2.89. The molecule has 6 nitrogen and oxygen atoms in total. The van der Waals surface area contributed by atoms with Crippen LogP contribution >= 0.6 is 22.9 Å². The molecule has 1 aliphatic heterocycles. The molecule has 29 heavy (non-hydrogen) atoms. The van der Waals surface area contributed by atoms with Crippen molar-refractivity contribution < 1.29 is 18.7 Å². The Labute approximate surface area is 176 Å². The van der Waals surface area contributed by atoms with Crippen LogP contribution in [0.25, 0.3) is 6.08 Å². The highest BCUT2D eigenvalue weighted by Crippen LogP contribution is 2.36. The highest BCUT2D eigenvalue weighted by molar-refractivity contribution is 7.16. The van der Waals surface area contributed by atoms with Crippen molar-refractivity contribution in [3.05, 3.63) is 56.7 Å². The molecule has 0 unspecified atom stereocenters. The van der Waals surface area contributed by atoms with Crippen LogP contribution in [-0.2, 0) is 22.5 Å². The summed E-state index contributed by atoms with van der Waals surface area (Å²) >= 11 is 7.19. The second-order valence-electron chi connectivity index (χ2n) is 6.15. The Bertz CT molecular complexity index is 1010. The Kier molecular flexibility index (Phi) is 6.52. The van der Waals surface area contributed by atoms with E-state index < -0.39 is 17.8 Å². The van der Waals surface area contributed by atoms with Crippen molar-refractivity contribution >= 4 is 46.0 Å². The molecule has 0 spiro atoms. The summed E-state index contributed by atoms with van der Waals surface area (Å²) in [7, 11) is 0. The third-order valence-corrected chi connectivity index (χ3v) is 5.79. The molecule has 0 saturated carbocycles. The highest BCUT2D eigenvalue weighted by atomic mass is 35.5. The Morgan fingerprint density at radius 2 is 2.28 bits per heavy atom. The summed E-state index contributed by atoms with van der Waals surface area (Å²) in [6.45, 7) is 2.79. The number of anilines is 1. The summed E-state index contributed by atoms with van der Waals surface area (Å²) < 4.78 is 18.8. The number of ether oxygens (including phenoxy) is 1. The average molecular weight is 434 g/mol. The number of halogens is 2. The molecular formula is C20H17ClFN3O3S. The number of carbonyl (C=O) groups excluding carboxylic acids is 2. The molecule has 1 aromatic heterocycles. The molecule has 0 fully saturated rings. The number of hydrogen-bond acceptors (Lipinski definition) is 5. The van der Waals surface area contributed by atoms with E-state index in [1.807, 2.05) is 0 Å². The number of thiophene rings is 1. The summed E-state index contributed by atoms with van der Waals surface area (Å²) in [5, 5.41) is 12.8. The molecule has 0 saturated heterocycles. The van der Waals surface area contributed by atoms with Crippen LogP contribution in [-0.4, -0.2) is 30.1 Å². The molecule has 0 radical (unpaired) electrons. The SMILES string of the molecule is CCOC(=O)N1CCc2c(sc(NC(=O)C=Cc3c(F)cccc3Cl)c2C#N)C1. The molecule has 0 bridgehead atoms. The maximum absolute atomic E-state index is 13.8. The number of fused-ring (bicyclic) bond motifs is 1. The summed E-state index contributed by atoms with van der Waals surface area (Å²) in [5.41, 5.74) is 1.33. The normalized spacial score (nSPS) is 13.1. The topological polar surface area (TPSA) is 82.4 Å². The van der Waals surface area contributed by atoms with Gasteiger partial charge in [-0.15, -0.1) is 11.3 Å². The first-order valence-electron chi connectivity index (χ1n) is 8.84. The zero-order chi connectivity index (χ0) is 21.0. The van der Waals surface area contributed by atoms with Crippen LogP contribution in [0.5, 0.6) is 0 Å². The van der Waals surface area contributed by atoms with Crippen molar-refractivity contribution in [1.82, 2.24) is 4.90 Å². The number of nitrogens with zero attached hydrogens (tertiary/aromatic N) is 2. The quantitative estimate of drug-likeness (QED) is 0.715. The lowest BCUT2D eigenvalue weighted by atomic mass is 10.0. The van der Waals surface area contributed by atoms with Gasteiger partial charge in [0.25, 0.3) is 0 Å². The Morgan fingerprint density at radius 3 is 2.97 bits per heavy atom. The maximum Gasteiger partial charge on any atom is 0.410 e. The van der Waals surface area contributed by atoms with Crippen LogP contribution in [0.1, 0.15) is 28.5 Å². The van der Waals surface area contributed by atoms with Crippen LogP contribution in [0.2, 0.25) is 5.02 Å². The third-order valence-electron chi connectivity index (χ3n) is 4.33. The lowest BCUT2D eigenvalue weighted by Crippen LogP contribution is -2.35. The monoisotopic (exact) mass is 433 g/mol. The van der Waals surface area contributed by atoms with Gasteiger partial charge in [0.1, 0.15) is 16.9 Å². The molecule has 0 atom stereocenters. The lowest BCUT2D eigenvalue weighted by molar-refractivity contribution is -0.111. The van der Waals surface area contributed by atoms with Crippen molar-refractivity contribution in [2.24, 2.45) is 0 Å². The van der Waals surface area contributed by atoms with E-state index in [2.05, 4.69) is 11.4 Å². The number of hydrogen-bond donors (Lipinski definition) is 1. The number of amides is 2. The summed E-state index contributed by atoms with van der Waals surface area (Å²) in [4.78, 5) is 26.6. The van der Waals surface area contributed by atoms with Gasteiger partial charge in [0, 0.05) is 23.1 Å². The second kappa shape index (κ2) is 9.07. The molecule has 3 rings (SSSR count). The van der Waals surface area contributed by atoms with Crippen molar-refractivity contribution in [2.75, 3.05) is 18.5 Å². The van der Waals surface area contributed by atoms with Gasteiger partial charge in [-0.25, -0.2) is 9.18 Å². The zero-order valence-corrected chi connectivity index (χ0v) is 17.1. The van der Waals surface area contributed by atoms with Crippen molar-refractivity contribution in [3.8, 4) is 6.07 Å². The smallest absolute Gasteiger partial charge is 0.410 e. The van der Waals surface area contributed by atoms with E-state index in [1.54, 1.807) is 11.8 Å². The first-order valence-corrected chi connectivity index (χ1v) is 10.0. The van der Waals surface area contributed by atoms with E-state index in [0.29, 0.717) is 30.1 Å². The minimum Gasteiger partial charge on any atom is -0.450 e. The standard InChI is InChI=1S/C20H17ClFN3O3S/c1-2-28-20(27)25-9-8-12-14(10-23)19(29-17(12)11-25)24-18(26)7-6-13-15(21)4-3-5-16(13)22/h3-7H,2,8-9,11H2,1H3,(H,24,26). The zero-order valence-electron chi connectivity index (χ0n) is 15.5. The molecule has 1 aliphatic rings. The fraction of sp³-hybridized carbons (Fsp3) is 0.250. The summed E-state index contributed by atoms with van der Waals surface area (Å²) in [6.07, 6.45) is 2.55. The van der Waals surface area contributed by atoms with Gasteiger partial charge in [-0.3, -0.25) is 4.79 Å². The van der Waals surface area contributed by atoms with Crippen molar-refractivity contribution in [1.29, 1.82) is 5.26 Å². The number of benzene rings is 1. The number of nitriles is 1. The van der Waals surface area contributed by atoms with E-state index >= 15 is 0 Å². The van der Waals surface area contributed by atoms with Gasteiger partial charge >= 0.3 is 6.09 Å². The van der Waals surface area contributed by atoms with Gasteiger partial charge in [0.05, 0.1) is 23.7 Å². The molecule has 2 heterocycles. The van der Waals surface area contributed by atoms with Crippen molar-refractivity contribution in [3.63, 3.8) is 0 Å². The molecule has 1 aromatic carbocycles. The van der Waals surface area contributed by atoms with Gasteiger partial charge in [-0.05, 0) is 37.1 Å². The summed E-state index contributed by atoms with van der Waals surface area (Å²) in [5.74, 6) is -1.05. The average Bonchev–Trinajstić information content (AvgIpc) is 3.03. The largest absolute Gasteiger partial charge is 0.450 e. The minimum atomic E-state index is -0.537. The van der Waals surface area contributed by atoms with Crippen molar-refractivity contribution in [2.45, 2.75) is 19.9 Å². The molecule has 9 heteroatoms. The third kappa shape index (κ3) is 4.58. The van der Waals surface area contributed by atoms with Crippen LogP contribution in [0.3, 0.4) is 0 Å². The molecule has 2 amide bonds. The Balaban J connectivity index is 1.77. The molecule has 150 valence electrons. The van der Waals surface area contributed by atoms with Gasteiger partial charge in [0.2, 0.25) is 5.91 Å². The van der Waals surface area contributed by atoms with E-state index in [9.17, 15) is 19.2 Å². The Morgan fingerprint density at radius 1 is 1.48 bits per heavy atom. The number of nitrogens with one attached hydrogen (secondary N) is 1. The van der Waals surface area contributed by atoms with E-state index in [4.69, 9.17) is 16.3 Å². The molecule has 0 aliphatic carbocycles. The lowest BCUT2D eigenvalue weighted by Gasteiger charge is -2.25. The maximum atomic E-state index is 13.8.